The van der Waals surface area contributed by atoms with E-state index in [-0.39, 0.29) is 0 Å². The van der Waals surface area contributed by atoms with Crippen molar-refractivity contribution in [3.63, 3.8) is 0 Å². The van der Waals surface area contributed by atoms with E-state index >= 15 is 0 Å². The van der Waals surface area contributed by atoms with Crippen LogP contribution in [-0.4, -0.2) is 10.2 Å². The van der Waals surface area contributed by atoms with E-state index < -0.39 is 0 Å². The van der Waals surface area contributed by atoms with Crippen LogP contribution >= 0.6 is 0 Å². The summed E-state index contributed by atoms with van der Waals surface area (Å²) in [7, 11) is 0. The van der Waals surface area contributed by atoms with Crippen molar-refractivity contribution in [2.45, 2.75) is 168 Å². The Bertz CT molecular complexity index is 800. The highest BCUT2D eigenvalue weighted by atomic mass is 16.3. The summed E-state index contributed by atoms with van der Waals surface area (Å²) >= 11 is 0. The fourth-order valence-electron chi connectivity index (χ4n) is 5.40. The highest BCUT2D eigenvalue weighted by Gasteiger charge is 2.00. The van der Waals surface area contributed by atoms with E-state index in [1.54, 1.807) is 12.1 Å². The van der Waals surface area contributed by atoms with Gasteiger partial charge in [0.2, 0.25) is 0 Å². The molecule has 0 aliphatic carbocycles. The van der Waals surface area contributed by atoms with E-state index in [9.17, 15) is 10.2 Å². The molecule has 0 bridgehead atoms. The molecule has 2 aromatic rings. The summed E-state index contributed by atoms with van der Waals surface area (Å²) in [5, 5.41) is 19.3. The zero-order chi connectivity index (χ0) is 28.9. The number of hydrogen-bond donors (Lipinski definition) is 2. The van der Waals surface area contributed by atoms with Gasteiger partial charge in [-0.05, 0) is 48.9 Å². The predicted molar refractivity (Wildman–Crippen MR) is 177 cm³/mol. The molecule has 0 aromatic heterocycles. The molecule has 0 unspecified atom stereocenters. The molecule has 0 radical (unpaired) electrons. The molecule has 0 spiro atoms. The first-order chi connectivity index (χ1) is 19.7. The van der Waals surface area contributed by atoms with E-state index in [1.807, 2.05) is 36.4 Å². The maximum absolute atomic E-state index is 9.69. The number of benzene rings is 2. The minimum absolute atomic E-state index is 0.457. The lowest BCUT2D eigenvalue weighted by atomic mass is 10.0. The smallest absolute Gasteiger partial charge is 0.118 e. The van der Waals surface area contributed by atoms with Crippen molar-refractivity contribution in [2.75, 3.05) is 0 Å². The molecular weight excluding hydrogens is 488 g/mol. The molecule has 2 aromatic carbocycles. The van der Waals surface area contributed by atoms with Gasteiger partial charge in [0.25, 0.3) is 0 Å². The summed E-state index contributed by atoms with van der Waals surface area (Å²) in [6.45, 7) is 4.55. The number of phenolic OH excluding ortho intramolecular Hbond substituents is 2. The highest BCUT2D eigenvalue weighted by molar-refractivity contribution is 5.32. The number of hydrogen-bond acceptors (Lipinski definition) is 2. The highest BCUT2D eigenvalue weighted by Crippen LogP contribution is 2.20. The number of rotatable bonds is 24. The van der Waals surface area contributed by atoms with E-state index in [1.165, 1.54) is 141 Å². The molecule has 0 aliphatic rings. The number of aromatic hydroxyl groups is 2. The molecule has 0 aliphatic heterocycles. The van der Waals surface area contributed by atoms with Gasteiger partial charge in [-0.3, -0.25) is 0 Å². The summed E-state index contributed by atoms with van der Waals surface area (Å²) in [4.78, 5) is 0. The standard InChI is InChI=1S/C20H34O.C18H30O/c1-2-3-4-5-6-7-8-9-10-11-12-13-16-19-17-14-15-18-20(19)21;1-2-3-4-5-6-7-8-9-10-11-14-17-15-12-13-16-18(17)19/h14-15,17-18,21H,2-13,16H2,1H3;12-13,15-16,19H,2-11,14H2,1H3. The molecule has 0 fully saturated rings. The molecule has 2 N–H and O–H groups in total. The summed E-state index contributed by atoms with van der Waals surface area (Å²) in [5.41, 5.74) is 2.20. The maximum Gasteiger partial charge on any atom is 0.118 e. The van der Waals surface area contributed by atoms with Crippen molar-refractivity contribution in [1.29, 1.82) is 0 Å². The Labute approximate surface area is 249 Å². The number of phenols is 2. The third kappa shape index (κ3) is 20.9. The van der Waals surface area contributed by atoms with E-state index in [0.717, 1.165) is 24.0 Å². The Morgan fingerprint density at radius 3 is 0.875 bits per heavy atom. The van der Waals surface area contributed by atoms with E-state index in [2.05, 4.69) is 13.8 Å². The van der Waals surface area contributed by atoms with E-state index in [0.29, 0.717) is 11.5 Å². The molecule has 2 rings (SSSR count). The van der Waals surface area contributed by atoms with Crippen molar-refractivity contribution in [3.05, 3.63) is 59.7 Å². The first-order valence-corrected chi connectivity index (χ1v) is 17.2. The second-order valence-corrected chi connectivity index (χ2v) is 11.8. The van der Waals surface area contributed by atoms with Gasteiger partial charge in [0.15, 0.2) is 0 Å². The monoisotopic (exact) mass is 552 g/mol. The van der Waals surface area contributed by atoms with Crippen molar-refractivity contribution in [1.82, 2.24) is 0 Å². The molecule has 0 amide bonds. The minimum Gasteiger partial charge on any atom is -0.508 e. The summed E-state index contributed by atoms with van der Waals surface area (Å²) in [6.07, 6.45) is 32.2. The van der Waals surface area contributed by atoms with Gasteiger partial charge in [-0.15, -0.1) is 0 Å². The van der Waals surface area contributed by atoms with Crippen LogP contribution in [0, 0.1) is 0 Å². The van der Waals surface area contributed by atoms with Gasteiger partial charge in [0.1, 0.15) is 11.5 Å². The normalized spacial score (nSPS) is 10.8. The van der Waals surface area contributed by atoms with Crippen molar-refractivity contribution >= 4 is 0 Å². The van der Waals surface area contributed by atoms with Crippen LogP contribution in [0.25, 0.3) is 0 Å². The lowest BCUT2D eigenvalue weighted by Crippen LogP contribution is -1.87. The molecule has 2 nitrogen and oxygen atoms in total. The Kier molecular flexibility index (Phi) is 24.5. The maximum atomic E-state index is 9.69. The molecule has 2 heteroatoms. The quantitative estimate of drug-likeness (QED) is 0.127. The summed E-state index contributed by atoms with van der Waals surface area (Å²) in [6, 6.07) is 15.4. The van der Waals surface area contributed by atoms with Gasteiger partial charge in [0, 0.05) is 0 Å². The van der Waals surface area contributed by atoms with Gasteiger partial charge in [0.05, 0.1) is 0 Å². The van der Waals surface area contributed by atoms with Crippen molar-refractivity contribution < 1.29 is 10.2 Å². The van der Waals surface area contributed by atoms with Crippen LogP contribution in [0.15, 0.2) is 48.5 Å². The molecule has 0 saturated heterocycles. The van der Waals surface area contributed by atoms with Crippen LogP contribution in [0.2, 0.25) is 0 Å². The van der Waals surface area contributed by atoms with Crippen LogP contribution in [-0.2, 0) is 12.8 Å². The van der Waals surface area contributed by atoms with Crippen LogP contribution < -0.4 is 0 Å². The van der Waals surface area contributed by atoms with Gasteiger partial charge >= 0.3 is 0 Å². The average molecular weight is 553 g/mol. The van der Waals surface area contributed by atoms with Gasteiger partial charge < -0.3 is 10.2 Å². The van der Waals surface area contributed by atoms with Crippen LogP contribution in [0.1, 0.15) is 166 Å². The van der Waals surface area contributed by atoms with Gasteiger partial charge in [-0.1, -0.05) is 179 Å². The fraction of sp³-hybridized carbons (Fsp3) is 0.684. The van der Waals surface area contributed by atoms with Crippen LogP contribution in [0.3, 0.4) is 0 Å². The Morgan fingerprint density at radius 1 is 0.350 bits per heavy atom. The molecule has 0 saturated carbocycles. The first kappa shape index (κ1) is 36.1. The Hall–Kier alpha value is -1.96. The zero-order valence-electron chi connectivity index (χ0n) is 26.5. The second-order valence-electron chi connectivity index (χ2n) is 11.8. The summed E-state index contributed by atoms with van der Waals surface area (Å²) < 4.78 is 0. The molecular formula is C38H64O2. The zero-order valence-corrected chi connectivity index (χ0v) is 26.5. The lowest BCUT2D eigenvalue weighted by Gasteiger charge is -2.04. The predicted octanol–water partition coefficient (Wildman–Crippen LogP) is 12.5. The van der Waals surface area contributed by atoms with Gasteiger partial charge in [-0.25, -0.2) is 0 Å². The third-order valence-corrected chi connectivity index (χ3v) is 8.08. The molecule has 0 heterocycles. The largest absolute Gasteiger partial charge is 0.508 e. The Morgan fingerprint density at radius 2 is 0.600 bits per heavy atom. The molecule has 0 atom stereocenters. The second kappa shape index (κ2) is 27.2. The average Bonchev–Trinajstić information content (AvgIpc) is 2.97. The number of para-hydroxylation sites is 2. The van der Waals surface area contributed by atoms with Crippen molar-refractivity contribution in [3.8, 4) is 11.5 Å². The lowest BCUT2D eigenvalue weighted by molar-refractivity contribution is 0.465. The Balaban J connectivity index is 0.000000402. The fourth-order valence-corrected chi connectivity index (χ4v) is 5.40. The minimum atomic E-state index is 0.457. The summed E-state index contributed by atoms with van der Waals surface area (Å²) in [5.74, 6) is 0.916. The third-order valence-electron chi connectivity index (χ3n) is 8.08. The van der Waals surface area contributed by atoms with E-state index in [4.69, 9.17) is 0 Å². The first-order valence-electron chi connectivity index (χ1n) is 17.2. The molecule has 40 heavy (non-hydrogen) atoms. The molecule has 228 valence electrons. The van der Waals surface area contributed by atoms with Crippen LogP contribution in [0.4, 0.5) is 0 Å². The van der Waals surface area contributed by atoms with Crippen molar-refractivity contribution in [2.24, 2.45) is 0 Å². The topological polar surface area (TPSA) is 40.5 Å². The van der Waals surface area contributed by atoms with Gasteiger partial charge in [-0.2, -0.15) is 0 Å². The number of aryl methyl sites for hydroxylation is 2. The van der Waals surface area contributed by atoms with Crippen LogP contribution in [0.5, 0.6) is 11.5 Å². The number of unbranched alkanes of at least 4 members (excludes halogenated alkanes) is 20. The SMILES string of the molecule is CCCCCCCCCCCCCCc1ccccc1O.CCCCCCCCCCCCc1ccccc1O.